The number of nitrogens with zero attached hydrogens (tertiary/aromatic N) is 4. The summed E-state index contributed by atoms with van der Waals surface area (Å²) in [5, 5.41) is 11.8. The maximum Gasteiger partial charge on any atom is 0.263 e. The lowest BCUT2D eigenvalue weighted by Gasteiger charge is -2.11. The number of para-hydroxylation sites is 1. The normalized spacial score (nSPS) is 11.2. The van der Waals surface area contributed by atoms with Gasteiger partial charge >= 0.3 is 0 Å². The fourth-order valence-corrected chi connectivity index (χ4v) is 4.43. The Bertz CT molecular complexity index is 1560. The monoisotopic (exact) mass is 477 g/mol. The van der Waals surface area contributed by atoms with Crippen LogP contribution in [0.5, 0.6) is 0 Å². The third-order valence-corrected chi connectivity index (χ3v) is 6.07. The van der Waals surface area contributed by atoms with Crippen LogP contribution in [0.25, 0.3) is 16.7 Å². The standard InChI is InChI=1S/C24H17F2N5O2S/c25-16-10-17(26)12-18(11-16)27-21(32)14-34-24-29-28-23-30(13-15-6-2-1-3-7-15)22(33)19-8-4-5-9-20(19)31(23)24/h1-12H,13-14H2,(H,27,32). The first-order valence-corrected chi connectivity index (χ1v) is 11.3. The van der Waals surface area contributed by atoms with Crippen LogP contribution in [0.1, 0.15) is 5.56 Å². The topological polar surface area (TPSA) is 81.3 Å². The number of rotatable bonds is 6. The molecule has 10 heteroatoms. The van der Waals surface area contributed by atoms with Gasteiger partial charge in [0, 0.05) is 11.8 Å². The lowest BCUT2D eigenvalue weighted by Crippen LogP contribution is -2.24. The van der Waals surface area contributed by atoms with E-state index < -0.39 is 17.5 Å². The average Bonchev–Trinajstić information content (AvgIpc) is 3.24. The molecule has 0 aliphatic carbocycles. The first-order valence-electron chi connectivity index (χ1n) is 10.3. The van der Waals surface area contributed by atoms with Gasteiger partial charge in [0.05, 0.1) is 23.2 Å². The van der Waals surface area contributed by atoms with Crippen LogP contribution in [-0.2, 0) is 11.3 Å². The first-order chi connectivity index (χ1) is 16.5. The van der Waals surface area contributed by atoms with E-state index in [0.29, 0.717) is 28.4 Å². The number of hydrogen-bond donors (Lipinski definition) is 1. The second kappa shape index (κ2) is 9.06. The molecule has 0 radical (unpaired) electrons. The van der Waals surface area contributed by atoms with Crippen LogP contribution in [-0.4, -0.2) is 30.8 Å². The summed E-state index contributed by atoms with van der Waals surface area (Å²) in [6, 6.07) is 19.4. The number of amides is 1. The number of thioether (sulfide) groups is 1. The van der Waals surface area contributed by atoms with Crippen molar-refractivity contribution in [2.45, 2.75) is 11.7 Å². The second-order valence-corrected chi connectivity index (χ2v) is 8.45. The molecular formula is C24H17F2N5O2S. The van der Waals surface area contributed by atoms with E-state index in [0.717, 1.165) is 35.5 Å². The largest absolute Gasteiger partial charge is 0.325 e. The Hall–Kier alpha value is -4.05. The molecule has 0 unspecified atom stereocenters. The van der Waals surface area contributed by atoms with Gasteiger partial charge in [-0.3, -0.25) is 18.6 Å². The number of aromatic nitrogens is 4. The number of carbonyl (C=O) groups excluding carboxylic acids is 1. The van der Waals surface area contributed by atoms with Gasteiger partial charge < -0.3 is 5.32 Å². The van der Waals surface area contributed by atoms with Crippen LogP contribution in [0.4, 0.5) is 14.5 Å². The van der Waals surface area contributed by atoms with Gasteiger partial charge in [0.25, 0.3) is 5.56 Å². The van der Waals surface area contributed by atoms with Crippen LogP contribution < -0.4 is 10.9 Å². The van der Waals surface area contributed by atoms with Crippen molar-refractivity contribution in [3.05, 3.63) is 100 Å². The maximum atomic E-state index is 13.4. The van der Waals surface area contributed by atoms with E-state index in [1.54, 1.807) is 27.2 Å². The van der Waals surface area contributed by atoms with Crippen molar-refractivity contribution in [1.29, 1.82) is 0 Å². The molecule has 0 aliphatic rings. The van der Waals surface area contributed by atoms with Crippen LogP contribution in [0.2, 0.25) is 0 Å². The number of nitrogens with one attached hydrogen (secondary N) is 1. The van der Waals surface area contributed by atoms with E-state index in [1.807, 2.05) is 36.4 Å². The van der Waals surface area contributed by atoms with Gasteiger partial charge in [-0.1, -0.05) is 54.2 Å². The Labute approximate surface area is 196 Å². The quantitative estimate of drug-likeness (QED) is 0.373. The molecule has 3 aromatic carbocycles. The summed E-state index contributed by atoms with van der Waals surface area (Å²) in [6.07, 6.45) is 0. The van der Waals surface area contributed by atoms with E-state index in [9.17, 15) is 18.4 Å². The fourth-order valence-electron chi connectivity index (χ4n) is 3.69. The molecule has 0 atom stereocenters. The van der Waals surface area contributed by atoms with Gasteiger partial charge in [-0.15, -0.1) is 10.2 Å². The van der Waals surface area contributed by atoms with Gasteiger partial charge in [0.15, 0.2) is 5.16 Å². The zero-order chi connectivity index (χ0) is 23.7. The summed E-state index contributed by atoms with van der Waals surface area (Å²) in [7, 11) is 0. The second-order valence-electron chi connectivity index (χ2n) is 7.51. The lowest BCUT2D eigenvalue weighted by atomic mass is 10.2. The van der Waals surface area contributed by atoms with Crippen molar-refractivity contribution in [2.24, 2.45) is 0 Å². The van der Waals surface area contributed by atoms with Gasteiger partial charge in [-0.05, 0) is 29.8 Å². The number of halogens is 2. The fraction of sp³-hybridized carbons (Fsp3) is 0.0833. The minimum atomic E-state index is -0.783. The van der Waals surface area contributed by atoms with Crippen molar-refractivity contribution in [1.82, 2.24) is 19.2 Å². The van der Waals surface area contributed by atoms with Crippen LogP contribution in [0.15, 0.2) is 82.7 Å². The highest BCUT2D eigenvalue weighted by Crippen LogP contribution is 2.22. The molecule has 2 aromatic heterocycles. The van der Waals surface area contributed by atoms with Gasteiger partial charge in [-0.2, -0.15) is 0 Å². The molecule has 2 heterocycles. The molecule has 5 rings (SSSR count). The molecule has 34 heavy (non-hydrogen) atoms. The number of benzene rings is 3. The van der Waals surface area contributed by atoms with Crippen molar-refractivity contribution in [2.75, 3.05) is 11.1 Å². The van der Waals surface area contributed by atoms with Crippen molar-refractivity contribution in [3.63, 3.8) is 0 Å². The van der Waals surface area contributed by atoms with Crippen LogP contribution in [0, 0.1) is 11.6 Å². The highest BCUT2D eigenvalue weighted by Gasteiger charge is 2.18. The molecule has 0 spiro atoms. The van der Waals surface area contributed by atoms with E-state index in [1.165, 1.54) is 0 Å². The Morgan fingerprint density at radius 3 is 2.41 bits per heavy atom. The summed E-state index contributed by atoms with van der Waals surface area (Å²) in [5.74, 6) is -1.76. The maximum absolute atomic E-state index is 13.4. The molecule has 5 aromatic rings. The van der Waals surface area contributed by atoms with Gasteiger partial charge in [0.1, 0.15) is 11.6 Å². The van der Waals surface area contributed by atoms with Crippen LogP contribution in [0.3, 0.4) is 0 Å². The minimum absolute atomic E-state index is 0.0244. The molecule has 170 valence electrons. The van der Waals surface area contributed by atoms with Crippen LogP contribution >= 0.6 is 11.8 Å². The highest BCUT2D eigenvalue weighted by molar-refractivity contribution is 7.99. The number of carbonyl (C=O) groups is 1. The van der Waals surface area contributed by atoms with Crippen molar-refractivity contribution in [3.8, 4) is 0 Å². The average molecular weight is 477 g/mol. The molecule has 0 fully saturated rings. The summed E-state index contributed by atoms with van der Waals surface area (Å²) in [4.78, 5) is 25.6. The van der Waals surface area contributed by atoms with E-state index in [2.05, 4.69) is 15.5 Å². The Kier molecular flexibility index (Phi) is 5.81. The van der Waals surface area contributed by atoms with Crippen molar-refractivity contribution >= 4 is 40.0 Å². The highest BCUT2D eigenvalue weighted by atomic mass is 32.2. The molecule has 0 bridgehead atoms. The summed E-state index contributed by atoms with van der Waals surface area (Å²) in [5.41, 5.74) is 1.38. The van der Waals surface area contributed by atoms with Gasteiger partial charge in [0.2, 0.25) is 11.7 Å². The Morgan fingerprint density at radius 2 is 1.65 bits per heavy atom. The molecule has 1 amide bonds. The molecule has 1 N–H and O–H groups in total. The number of fused-ring (bicyclic) bond motifs is 3. The molecular weight excluding hydrogens is 460 g/mol. The predicted molar refractivity (Wildman–Crippen MR) is 126 cm³/mol. The number of anilines is 1. The third-order valence-electron chi connectivity index (χ3n) is 5.14. The SMILES string of the molecule is O=C(CSc1nnc2n(Cc3ccccc3)c(=O)c3ccccc3n12)Nc1cc(F)cc(F)c1. The zero-order valence-corrected chi connectivity index (χ0v) is 18.4. The summed E-state index contributed by atoms with van der Waals surface area (Å²) >= 11 is 1.10. The third kappa shape index (κ3) is 4.27. The van der Waals surface area contributed by atoms with Gasteiger partial charge in [-0.25, -0.2) is 8.78 Å². The van der Waals surface area contributed by atoms with E-state index in [4.69, 9.17) is 0 Å². The Balaban J connectivity index is 1.49. The minimum Gasteiger partial charge on any atom is -0.325 e. The van der Waals surface area contributed by atoms with E-state index in [-0.39, 0.29) is 17.0 Å². The van der Waals surface area contributed by atoms with E-state index >= 15 is 0 Å². The summed E-state index contributed by atoms with van der Waals surface area (Å²) < 4.78 is 30.1. The molecule has 0 saturated heterocycles. The van der Waals surface area contributed by atoms with Crippen molar-refractivity contribution < 1.29 is 13.6 Å². The molecule has 0 saturated carbocycles. The molecule has 7 nitrogen and oxygen atoms in total. The number of hydrogen-bond acceptors (Lipinski definition) is 5. The lowest BCUT2D eigenvalue weighted by molar-refractivity contribution is -0.113. The smallest absolute Gasteiger partial charge is 0.263 e. The predicted octanol–water partition coefficient (Wildman–Crippen LogP) is 4.10. The first kappa shape index (κ1) is 21.8. The molecule has 0 aliphatic heterocycles. The Morgan fingerprint density at radius 1 is 0.941 bits per heavy atom. The summed E-state index contributed by atoms with van der Waals surface area (Å²) in [6.45, 7) is 0.308. The zero-order valence-electron chi connectivity index (χ0n) is 17.6.